The highest BCUT2D eigenvalue weighted by molar-refractivity contribution is 6.07. The summed E-state index contributed by atoms with van der Waals surface area (Å²) in [5, 5.41) is 18.2. The predicted molar refractivity (Wildman–Crippen MR) is 157 cm³/mol. The summed E-state index contributed by atoms with van der Waals surface area (Å²) in [6.07, 6.45) is 2.79. The number of nitriles is 1. The Labute approximate surface area is 241 Å². The molecule has 10 nitrogen and oxygen atoms in total. The molecule has 2 amide bonds. The van der Waals surface area contributed by atoms with Crippen LogP contribution in [-0.4, -0.2) is 65.4 Å². The smallest absolute Gasteiger partial charge is 0.257 e. The van der Waals surface area contributed by atoms with Gasteiger partial charge in [0.15, 0.2) is 6.10 Å². The number of anilines is 1. The molecule has 41 heavy (non-hydrogen) atoms. The molecular formula is C31H37N7O3. The first-order valence-corrected chi connectivity index (χ1v) is 13.8. The molecule has 0 saturated carbocycles. The second kappa shape index (κ2) is 13.4. The number of aromatic nitrogens is 2. The molecule has 2 atom stereocenters. The molecule has 1 fully saturated rings. The van der Waals surface area contributed by atoms with Crippen molar-refractivity contribution in [2.75, 3.05) is 38.0 Å². The van der Waals surface area contributed by atoms with Crippen LogP contribution < -0.4 is 20.7 Å². The molecule has 3 N–H and O–H groups in total. The lowest BCUT2D eigenvalue weighted by Gasteiger charge is -2.34. The minimum atomic E-state index is -0.432. The molecule has 0 unspecified atom stereocenters. The summed E-state index contributed by atoms with van der Waals surface area (Å²) in [4.78, 5) is 37.8. The van der Waals surface area contributed by atoms with Gasteiger partial charge in [0.25, 0.3) is 11.8 Å². The number of piperazine rings is 1. The van der Waals surface area contributed by atoms with Gasteiger partial charge < -0.3 is 20.7 Å². The zero-order valence-corrected chi connectivity index (χ0v) is 24.2. The third kappa shape index (κ3) is 7.45. The van der Waals surface area contributed by atoms with E-state index in [-0.39, 0.29) is 11.5 Å². The van der Waals surface area contributed by atoms with Gasteiger partial charge in [-0.25, -0.2) is 4.98 Å². The second-order valence-electron chi connectivity index (χ2n) is 10.5. The number of ether oxygens (including phenoxy) is 1. The van der Waals surface area contributed by atoms with Crippen molar-refractivity contribution in [3.05, 3.63) is 81.8 Å². The van der Waals surface area contributed by atoms with Gasteiger partial charge in [0, 0.05) is 56.7 Å². The molecule has 0 radical (unpaired) electrons. The lowest BCUT2D eigenvalue weighted by atomic mass is 10.0. The van der Waals surface area contributed by atoms with Crippen LogP contribution in [0.25, 0.3) is 0 Å². The molecule has 3 heterocycles. The summed E-state index contributed by atoms with van der Waals surface area (Å²) >= 11 is 0. The summed E-state index contributed by atoms with van der Waals surface area (Å²) in [5.74, 6) is -0.0145. The van der Waals surface area contributed by atoms with E-state index in [1.807, 2.05) is 38.2 Å². The minimum absolute atomic E-state index is 0.262. The van der Waals surface area contributed by atoms with Gasteiger partial charge in [0.2, 0.25) is 0 Å². The number of nitrogens with one attached hydrogen (secondary N) is 3. The molecule has 0 spiro atoms. The number of amides is 2. The van der Waals surface area contributed by atoms with E-state index in [0.717, 1.165) is 30.9 Å². The molecule has 1 aliphatic heterocycles. The van der Waals surface area contributed by atoms with Crippen molar-refractivity contribution in [3.8, 4) is 11.8 Å². The molecule has 10 heteroatoms. The van der Waals surface area contributed by atoms with Gasteiger partial charge in [0.05, 0.1) is 16.8 Å². The van der Waals surface area contributed by atoms with Crippen molar-refractivity contribution < 1.29 is 14.3 Å². The van der Waals surface area contributed by atoms with Crippen LogP contribution in [0.2, 0.25) is 0 Å². The molecule has 0 bridgehead atoms. The lowest BCUT2D eigenvalue weighted by Crippen LogP contribution is -2.50. The summed E-state index contributed by atoms with van der Waals surface area (Å²) in [7, 11) is 0. The Balaban J connectivity index is 1.68. The maximum Gasteiger partial charge on any atom is 0.257 e. The van der Waals surface area contributed by atoms with Gasteiger partial charge in [0.1, 0.15) is 17.6 Å². The molecule has 214 valence electrons. The summed E-state index contributed by atoms with van der Waals surface area (Å²) in [5.41, 5.74) is 4.11. The number of rotatable bonds is 9. The molecule has 4 rings (SSSR count). The van der Waals surface area contributed by atoms with E-state index in [4.69, 9.17) is 10.00 Å². The monoisotopic (exact) mass is 555 g/mol. The number of pyridine rings is 2. The topological polar surface area (TPSA) is 132 Å². The Bertz CT molecular complexity index is 1450. The largest absolute Gasteiger partial charge is 0.482 e. The lowest BCUT2D eigenvalue weighted by molar-refractivity contribution is 0.0929. The fourth-order valence-corrected chi connectivity index (χ4v) is 4.83. The van der Waals surface area contributed by atoms with Crippen LogP contribution in [0.1, 0.15) is 68.6 Å². The first-order chi connectivity index (χ1) is 19.7. The van der Waals surface area contributed by atoms with Crippen LogP contribution in [0.5, 0.6) is 5.75 Å². The van der Waals surface area contributed by atoms with E-state index >= 15 is 0 Å². The van der Waals surface area contributed by atoms with Crippen LogP contribution in [0, 0.1) is 32.1 Å². The quantitative estimate of drug-likeness (QED) is 0.364. The van der Waals surface area contributed by atoms with Gasteiger partial charge in [-0.3, -0.25) is 19.5 Å². The molecule has 1 aliphatic rings. The van der Waals surface area contributed by atoms with Crippen molar-refractivity contribution in [3.63, 3.8) is 0 Å². The number of nitrogens with zero attached hydrogens (tertiary/aromatic N) is 4. The molecule has 3 aromatic rings. The fourth-order valence-electron chi connectivity index (χ4n) is 4.83. The van der Waals surface area contributed by atoms with Crippen molar-refractivity contribution >= 4 is 17.6 Å². The fraction of sp³-hybridized carbons (Fsp3) is 0.387. The Kier molecular flexibility index (Phi) is 9.65. The third-order valence-electron chi connectivity index (χ3n) is 7.00. The van der Waals surface area contributed by atoms with E-state index in [0.29, 0.717) is 53.0 Å². The third-order valence-corrected chi connectivity index (χ3v) is 7.00. The Morgan fingerprint density at radius 2 is 1.93 bits per heavy atom. The van der Waals surface area contributed by atoms with E-state index < -0.39 is 12.0 Å². The number of carbonyl (C=O) groups is 2. The van der Waals surface area contributed by atoms with Gasteiger partial charge in [-0.15, -0.1) is 0 Å². The molecule has 0 aliphatic carbocycles. The highest BCUT2D eigenvalue weighted by atomic mass is 16.5. The predicted octanol–water partition coefficient (Wildman–Crippen LogP) is 3.69. The standard InChI is InChI=1S/C31H37N7O3/c1-6-33-30(39)25-13-24(31(40)37-29-21(4)11-23(14-32)16-36-29)20(3)12-27(25)41-28(26-8-7-19(2)15-35-26)18-38-10-9-34-22(5)17-38/h7-8,11-13,15-16,22,28,34H,6,9-10,17-18H2,1-5H3,(H,33,39)(H,36,37,40)/t22-,28-/m1/s1. The van der Waals surface area contributed by atoms with Crippen molar-refractivity contribution in [2.24, 2.45) is 0 Å². The van der Waals surface area contributed by atoms with E-state index in [9.17, 15) is 9.59 Å². The Morgan fingerprint density at radius 3 is 2.59 bits per heavy atom. The maximum absolute atomic E-state index is 13.3. The molecule has 1 saturated heterocycles. The first-order valence-electron chi connectivity index (χ1n) is 13.8. The highest BCUT2D eigenvalue weighted by Gasteiger charge is 2.26. The SMILES string of the molecule is CCNC(=O)c1cc(C(=O)Nc2ncc(C#N)cc2C)c(C)cc1O[C@H](CN1CCN[C@H](C)C1)c1ccc(C)cn1. The molecule has 2 aromatic heterocycles. The van der Waals surface area contributed by atoms with Crippen molar-refractivity contribution in [1.82, 2.24) is 25.5 Å². The normalized spacial score (nSPS) is 16.0. The Hall–Kier alpha value is -4.33. The van der Waals surface area contributed by atoms with Crippen LogP contribution in [0.4, 0.5) is 5.82 Å². The van der Waals surface area contributed by atoms with E-state index in [1.54, 1.807) is 32.0 Å². The van der Waals surface area contributed by atoms with Crippen LogP contribution >= 0.6 is 0 Å². The second-order valence-corrected chi connectivity index (χ2v) is 10.5. The zero-order valence-electron chi connectivity index (χ0n) is 24.2. The van der Waals surface area contributed by atoms with E-state index in [2.05, 4.69) is 37.7 Å². The molecule has 1 aromatic carbocycles. The maximum atomic E-state index is 13.3. The van der Waals surface area contributed by atoms with Crippen molar-refractivity contribution in [2.45, 2.75) is 46.8 Å². The highest BCUT2D eigenvalue weighted by Crippen LogP contribution is 2.30. The number of benzene rings is 1. The molecular weight excluding hydrogens is 518 g/mol. The van der Waals surface area contributed by atoms with Gasteiger partial charge in [-0.2, -0.15) is 5.26 Å². The first kappa shape index (κ1) is 29.6. The van der Waals surface area contributed by atoms with Gasteiger partial charge in [-0.05, 0) is 75.6 Å². The van der Waals surface area contributed by atoms with E-state index in [1.165, 1.54) is 6.20 Å². The van der Waals surface area contributed by atoms with Crippen LogP contribution in [0.15, 0.2) is 42.7 Å². The average Bonchev–Trinajstić information content (AvgIpc) is 2.94. The summed E-state index contributed by atoms with van der Waals surface area (Å²) in [6, 6.07) is 11.3. The zero-order chi connectivity index (χ0) is 29.5. The summed E-state index contributed by atoms with van der Waals surface area (Å²) < 4.78 is 6.60. The minimum Gasteiger partial charge on any atom is -0.482 e. The number of aryl methyl sites for hydroxylation is 3. The summed E-state index contributed by atoms with van der Waals surface area (Å²) in [6.45, 7) is 13.2. The number of hydrogen-bond acceptors (Lipinski definition) is 8. The average molecular weight is 556 g/mol. The van der Waals surface area contributed by atoms with Gasteiger partial charge >= 0.3 is 0 Å². The van der Waals surface area contributed by atoms with Crippen LogP contribution in [0.3, 0.4) is 0 Å². The number of carbonyl (C=O) groups excluding carboxylic acids is 2. The van der Waals surface area contributed by atoms with Crippen molar-refractivity contribution in [1.29, 1.82) is 5.26 Å². The number of hydrogen-bond donors (Lipinski definition) is 3. The van der Waals surface area contributed by atoms with Crippen LogP contribution in [-0.2, 0) is 0 Å². The van der Waals surface area contributed by atoms with Gasteiger partial charge in [-0.1, -0.05) is 6.07 Å². The Morgan fingerprint density at radius 1 is 1.12 bits per heavy atom.